The van der Waals surface area contributed by atoms with Gasteiger partial charge in [-0.05, 0) is 63.8 Å². The van der Waals surface area contributed by atoms with E-state index in [1.165, 1.54) is 4.90 Å². The fourth-order valence-corrected chi connectivity index (χ4v) is 3.63. The van der Waals surface area contributed by atoms with Crippen molar-refractivity contribution >= 4 is 23.1 Å². The summed E-state index contributed by atoms with van der Waals surface area (Å²) in [5.74, 6) is -0.546. The Balaban J connectivity index is 1.96. The van der Waals surface area contributed by atoms with Crippen molar-refractivity contribution in [1.82, 2.24) is 4.90 Å². The molecule has 0 bridgehead atoms. The standard InChI is InChI=1S/C25H30N2O3/c1-16(2)30-14-8-13-27-24(28)22(20-12-11-17(3)15-19(20)5)23(25(27)29)26-21-10-7-6-9-18(21)4/h6-7,9-12,15-16,26H,8,13-14H2,1-5H3. The van der Waals surface area contributed by atoms with Crippen molar-refractivity contribution in [3.8, 4) is 0 Å². The first-order chi connectivity index (χ1) is 14.3. The third-order valence-electron chi connectivity index (χ3n) is 5.20. The maximum absolute atomic E-state index is 13.3. The molecular weight excluding hydrogens is 376 g/mol. The Bertz CT molecular complexity index is 992. The molecule has 0 unspecified atom stereocenters. The molecule has 0 saturated heterocycles. The summed E-state index contributed by atoms with van der Waals surface area (Å²) < 4.78 is 5.58. The minimum absolute atomic E-state index is 0.122. The molecule has 2 amide bonds. The number of ether oxygens (including phenoxy) is 1. The minimum Gasteiger partial charge on any atom is -0.379 e. The van der Waals surface area contributed by atoms with Crippen LogP contribution in [-0.4, -0.2) is 36.0 Å². The lowest BCUT2D eigenvalue weighted by Gasteiger charge is -2.16. The first-order valence-corrected chi connectivity index (χ1v) is 10.4. The van der Waals surface area contributed by atoms with Crippen molar-refractivity contribution in [3.63, 3.8) is 0 Å². The first kappa shape index (κ1) is 21.8. The number of para-hydroxylation sites is 1. The van der Waals surface area contributed by atoms with Gasteiger partial charge in [-0.3, -0.25) is 14.5 Å². The molecule has 5 heteroatoms. The molecule has 0 fully saturated rings. The van der Waals surface area contributed by atoms with Gasteiger partial charge in [0.1, 0.15) is 5.70 Å². The number of rotatable bonds is 8. The Hall–Kier alpha value is -2.92. The number of hydrogen-bond acceptors (Lipinski definition) is 4. The second kappa shape index (κ2) is 9.26. The number of aryl methyl sites for hydroxylation is 3. The first-order valence-electron chi connectivity index (χ1n) is 10.4. The SMILES string of the molecule is Cc1ccc(C2=C(Nc3ccccc3C)C(=O)N(CCCOC(C)C)C2=O)c(C)c1. The Kier molecular flexibility index (Phi) is 6.73. The predicted molar refractivity (Wildman–Crippen MR) is 120 cm³/mol. The smallest absolute Gasteiger partial charge is 0.278 e. The lowest BCUT2D eigenvalue weighted by molar-refractivity contribution is -0.137. The molecule has 1 heterocycles. The minimum atomic E-state index is -0.289. The Labute approximate surface area is 178 Å². The van der Waals surface area contributed by atoms with Gasteiger partial charge in [-0.15, -0.1) is 0 Å². The highest BCUT2D eigenvalue weighted by atomic mass is 16.5. The molecule has 1 aliphatic heterocycles. The third kappa shape index (κ3) is 4.62. The van der Waals surface area contributed by atoms with Crippen molar-refractivity contribution in [2.24, 2.45) is 0 Å². The number of carbonyl (C=O) groups is 2. The van der Waals surface area contributed by atoms with E-state index in [0.29, 0.717) is 30.8 Å². The highest BCUT2D eigenvalue weighted by Crippen LogP contribution is 2.33. The van der Waals surface area contributed by atoms with Crippen LogP contribution >= 0.6 is 0 Å². The van der Waals surface area contributed by atoms with Crippen molar-refractivity contribution in [2.75, 3.05) is 18.5 Å². The molecule has 1 N–H and O–H groups in total. The second-order valence-corrected chi connectivity index (χ2v) is 8.04. The van der Waals surface area contributed by atoms with Crippen LogP contribution in [0.3, 0.4) is 0 Å². The molecule has 0 radical (unpaired) electrons. The summed E-state index contributed by atoms with van der Waals surface area (Å²) >= 11 is 0. The van der Waals surface area contributed by atoms with Crippen LogP contribution in [0, 0.1) is 20.8 Å². The lowest BCUT2D eigenvalue weighted by Crippen LogP contribution is -2.34. The van der Waals surface area contributed by atoms with Gasteiger partial charge in [0.25, 0.3) is 11.8 Å². The van der Waals surface area contributed by atoms with Crippen LogP contribution in [-0.2, 0) is 14.3 Å². The zero-order chi connectivity index (χ0) is 21.8. The van der Waals surface area contributed by atoms with Crippen molar-refractivity contribution in [1.29, 1.82) is 0 Å². The van der Waals surface area contributed by atoms with Crippen LogP contribution in [0.25, 0.3) is 5.57 Å². The average Bonchev–Trinajstić information content (AvgIpc) is 2.91. The zero-order valence-corrected chi connectivity index (χ0v) is 18.4. The number of imide groups is 1. The maximum atomic E-state index is 13.3. The second-order valence-electron chi connectivity index (χ2n) is 8.04. The topological polar surface area (TPSA) is 58.6 Å². The molecule has 158 valence electrons. The summed E-state index contributed by atoms with van der Waals surface area (Å²) in [6, 6.07) is 13.7. The fraction of sp³-hybridized carbons (Fsp3) is 0.360. The van der Waals surface area contributed by atoms with Gasteiger partial charge >= 0.3 is 0 Å². The van der Waals surface area contributed by atoms with E-state index in [-0.39, 0.29) is 17.9 Å². The Morgan fingerprint density at radius 1 is 0.967 bits per heavy atom. The van der Waals surface area contributed by atoms with Crippen LogP contribution in [0.15, 0.2) is 48.2 Å². The van der Waals surface area contributed by atoms with Crippen LogP contribution in [0.2, 0.25) is 0 Å². The van der Waals surface area contributed by atoms with E-state index in [1.807, 2.05) is 77.1 Å². The number of anilines is 1. The number of carbonyl (C=O) groups excluding carboxylic acids is 2. The van der Waals surface area contributed by atoms with E-state index in [4.69, 9.17) is 4.74 Å². The summed E-state index contributed by atoms with van der Waals surface area (Å²) in [6.45, 7) is 10.7. The molecule has 0 atom stereocenters. The zero-order valence-electron chi connectivity index (χ0n) is 18.4. The molecule has 3 rings (SSSR count). The van der Waals surface area contributed by atoms with E-state index >= 15 is 0 Å². The molecule has 1 aliphatic rings. The number of amides is 2. The van der Waals surface area contributed by atoms with Crippen LogP contribution < -0.4 is 5.32 Å². The van der Waals surface area contributed by atoms with Crippen molar-refractivity contribution in [3.05, 3.63) is 70.4 Å². The molecule has 2 aromatic carbocycles. The maximum Gasteiger partial charge on any atom is 0.278 e. The van der Waals surface area contributed by atoms with E-state index in [1.54, 1.807) is 0 Å². The van der Waals surface area contributed by atoms with E-state index in [9.17, 15) is 9.59 Å². The van der Waals surface area contributed by atoms with Gasteiger partial charge in [0.15, 0.2) is 0 Å². The van der Waals surface area contributed by atoms with Gasteiger partial charge in [-0.25, -0.2) is 0 Å². The van der Waals surface area contributed by atoms with Gasteiger partial charge in [0.05, 0.1) is 11.7 Å². The summed E-state index contributed by atoms with van der Waals surface area (Å²) in [6.07, 6.45) is 0.727. The van der Waals surface area contributed by atoms with Crippen LogP contribution in [0.4, 0.5) is 5.69 Å². The van der Waals surface area contributed by atoms with E-state index in [2.05, 4.69) is 5.32 Å². The molecule has 5 nitrogen and oxygen atoms in total. The van der Waals surface area contributed by atoms with Crippen molar-refractivity contribution < 1.29 is 14.3 Å². The average molecular weight is 407 g/mol. The number of nitrogens with zero attached hydrogens (tertiary/aromatic N) is 1. The highest BCUT2D eigenvalue weighted by molar-refractivity contribution is 6.36. The Morgan fingerprint density at radius 2 is 1.70 bits per heavy atom. The third-order valence-corrected chi connectivity index (χ3v) is 5.20. The largest absolute Gasteiger partial charge is 0.379 e. The number of nitrogens with one attached hydrogen (secondary N) is 1. The van der Waals surface area contributed by atoms with Gasteiger partial charge in [-0.1, -0.05) is 42.0 Å². The number of hydrogen-bond donors (Lipinski definition) is 1. The molecule has 0 spiro atoms. The molecule has 0 aliphatic carbocycles. The van der Waals surface area contributed by atoms with E-state index in [0.717, 1.165) is 27.9 Å². The van der Waals surface area contributed by atoms with E-state index < -0.39 is 0 Å². The molecular formula is C25H30N2O3. The van der Waals surface area contributed by atoms with Crippen LogP contribution in [0.5, 0.6) is 0 Å². The molecule has 2 aromatic rings. The quantitative estimate of drug-likeness (QED) is 0.513. The molecule has 0 aromatic heterocycles. The van der Waals surface area contributed by atoms with Gasteiger partial charge < -0.3 is 10.1 Å². The summed E-state index contributed by atoms with van der Waals surface area (Å²) in [5, 5.41) is 3.25. The lowest BCUT2D eigenvalue weighted by atomic mass is 9.97. The highest BCUT2D eigenvalue weighted by Gasteiger charge is 2.39. The normalized spacial score (nSPS) is 14.3. The van der Waals surface area contributed by atoms with Crippen molar-refractivity contribution in [2.45, 2.75) is 47.1 Å². The van der Waals surface area contributed by atoms with Gasteiger partial charge in [0, 0.05) is 18.8 Å². The predicted octanol–water partition coefficient (Wildman–Crippen LogP) is 4.62. The summed E-state index contributed by atoms with van der Waals surface area (Å²) in [5.41, 5.74) is 5.48. The molecule has 30 heavy (non-hydrogen) atoms. The van der Waals surface area contributed by atoms with Gasteiger partial charge in [-0.2, -0.15) is 0 Å². The Morgan fingerprint density at radius 3 is 2.37 bits per heavy atom. The summed E-state index contributed by atoms with van der Waals surface area (Å²) in [4.78, 5) is 27.9. The number of benzene rings is 2. The molecule has 0 saturated carbocycles. The summed E-state index contributed by atoms with van der Waals surface area (Å²) in [7, 11) is 0. The monoisotopic (exact) mass is 406 g/mol. The fourth-order valence-electron chi connectivity index (χ4n) is 3.63. The van der Waals surface area contributed by atoms with Crippen LogP contribution in [0.1, 0.15) is 42.5 Å². The van der Waals surface area contributed by atoms with Gasteiger partial charge in [0.2, 0.25) is 0 Å².